The number of hydrogen-bond acceptors (Lipinski definition) is 5. The standard InChI is InChI=1S/C23H24N6O/c30-21-23-7-3-12-29(23)20(19-6-2-11-28(19)22-25-9-4-10-26-22)13-18(23)16-27(21)15-17-5-1-8-24-14-17/h1-2,4-6,8-11,14,18,20H,3,7,12-13,15-16H2/t18-,20-,23-/m0/s1. The molecule has 0 saturated carbocycles. The van der Waals surface area contributed by atoms with Crippen LogP contribution in [0.3, 0.4) is 0 Å². The second kappa shape index (κ2) is 6.74. The van der Waals surface area contributed by atoms with Crippen molar-refractivity contribution in [3.8, 4) is 5.95 Å². The Kier molecular flexibility index (Phi) is 3.99. The second-order valence-corrected chi connectivity index (χ2v) is 8.57. The molecule has 152 valence electrons. The highest BCUT2D eigenvalue weighted by molar-refractivity contribution is 5.90. The number of carbonyl (C=O) groups is 1. The van der Waals surface area contributed by atoms with Crippen molar-refractivity contribution in [1.82, 2.24) is 29.3 Å². The van der Waals surface area contributed by atoms with Gasteiger partial charge in [-0.2, -0.15) is 0 Å². The summed E-state index contributed by atoms with van der Waals surface area (Å²) in [5.74, 6) is 1.34. The van der Waals surface area contributed by atoms with E-state index in [2.05, 4.69) is 41.5 Å². The summed E-state index contributed by atoms with van der Waals surface area (Å²) in [4.78, 5) is 31.3. The van der Waals surface area contributed by atoms with Gasteiger partial charge in [-0.25, -0.2) is 9.97 Å². The molecule has 3 aliphatic heterocycles. The molecule has 6 heterocycles. The summed E-state index contributed by atoms with van der Waals surface area (Å²) in [5.41, 5.74) is 1.93. The van der Waals surface area contributed by atoms with E-state index in [9.17, 15) is 4.79 Å². The van der Waals surface area contributed by atoms with Gasteiger partial charge in [-0.3, -0.25) is 19.2 Å². The Labute approximate surface area is 175 Å². The lowest BCUT2D eigenvalue weighted by atomic mass is 9.85. The fourth-order valence-corrected chi connectivity index (χ4v) is 5.97. The molecular weight excluding hydrogens is 376 g/mol. The van der Waals surface area contributed by atoms with Crippen molar-refractivity contribution in [3.05, 3.63) is 72.6 Å². The van der Waals surface area contributed by atoms with Gasteiger partial charge in [-0.05, 0) is 55.6 Å². The smallest absolute Gasteiger partial charge is 0.243 e. The lowest BCUT2D eigenvalue weighted by Gasteiger charge is -2.33. The molecule has 1 amide bonds. The lowest BCUT2D eigenvalue weighted by Crippen LogP contribution is -2.49. The maximum Gasteiger partial charge on any atom is 0.243 e. The molecule has 0 radical (unpaired) electrons. The summed E-state index contributed by atoms with van der Waals surface area (Å²) in [6, 6.07) is 10.3. The molecule has 3 aliphatic rings. The van der Waals surface area contributed by atoms with Crippen molar-refractivity contribution in [1.29, 1.82) is 0 Å². The number of hydrogen-bond donors (Lipinski definition) is 0. The van der Waals surface area contributed by atoms with Crippen molar-refractivity contribution in [3.63, 3.8) is 0 Å². The summed E-state index contributed by atoms with van der Waals surface area (Å²) in [6.07, 6.45) is 12.2. The first-order chi connectivity index (χ1) is 14.8. The van der Waals surface area contributed by atoms with Crippen LogP contribution in [0.25, 0.3) is 5.95 Å². The summed E-state index contributed by atoms with van der Waals surface area (Å²) in [5, 5.41) is 0. The number of pyridine rings is 1. The number of amides is 1. The van der Waals surface area contributed by atoms with Crippen molar-refractivity contribution >= 4 is 5.91 Å². The normalized spacial score (nSPS) is 28.1. The first-order valence-corrected chi connectivity index (χ1v) is 10.7. The minimum absolute atomic E-state index is 0.223. The van der Waals surface area contributed by atoms with Crippen LogP contribution in [0.4, 0.5) is 0 Å². The maximum absolute atomic E-state index is 13.7. The van der Waals surface area contributed by atoms with Crippen LogP contribution in [0, 0.1) is 5.92 Å². The molecule has 0 bridgehead atoms. The third-order valence-electron chi connectivity index (χ3n) is 7.11. The Hall–Kier alpha value is -3.06. The predicted molar refractivity (Wildman–Crippen MR) is 111 cm³/mol. The van der Waals surface area contributed by atoms with Gasteiger partial charge in [0.2, 0.25) is 11.9 Å². The van der Waals surface area contributed by atoms with Gasteiger partial charge in [0.15, 0.2) is 0 Å². The SMILES string of the molecule is O=C1N(Cc2cccnc2)C[C@@H]2C[C@@H](c3cccn3-c3ncccn3)N3CCC[C@@]123. The molecule has 7 nitrogen and oxygen atoms in total. The molecule has 1 spiro atoms. The van der Waals surface area contributed by atoms with Gasteiger partial charge in [-0.1, -0.05) is 6.07 Å². The largest absolute Gasteiger partial charge is 0.336 e. The van der Waals surface area contributed by atoms with Gasteiger partial charge in [0.25, 0.3) is 0 Å². The van der Waals surface area contributed by atoms with Crippen LogP contribution in [0.1, 0.15) is 36.6 Å². The van der Waals surface area contributed by atoms with E-state index in [-0.39, 0.29) is 11.6 Å². The molecule has 0 aromatic carbocycles. The highest BCUT2D eigenvalue weighted by atomic mass is 16.2. The average Bonchev–Trinajstić information content (AvgIpc) is 3.53. The Morgan fingerprint density at radius 3 is 2.83 bits per heavy atom. The highest BCUT2D eigenvalue weighted by Crippen LogP contribution is 2.56. The summed E-state index contributed by atoms with van der Waals surface area (Å²) in [6.45, 7) is 2.44. The van der Waals surface area contributed by atoms with E-state index in [0.717, 1.165) is 37.9 Å². The van der Waals surface area contributed by atoms with Crippen LogP contribution in [0.15, 0.2) is 61.3 Å². The molecular formula is C23H24N6O. The fraction of sp³-hybridized carbons (Fsp3) is 0.391. The molecule has 6 rings (SSSR count). The molecule has 3 saturated heterocycles. The first kappa shape index (κ1) is 17.8. The number of likely N-dealkylation sites (tertiary alicyclic amines) is 1. The summed E-state index contributed by atoms with van der Waals surface area (Å²) >= 11 is 0. The van der Waals surface area contributed by atoms with Crippen molar-refractivity contribution in [2.24, 2.45) is 5.92 Å². The van der Waals surface area contributed by atoms with Crippen LogP contribution < -0.4 is 0 Å². The molecule has 30 heavy (non-hydrogen) atoms. The molecule has 0 aliphatic carbocycles. The number of aromatic nitrogens is 4. The van der Waals surface area contributed by atoms with Gasteiger partial charge in [0.1, 0.15) is 5.54 Å². The molecule has 3 aromatic rings. The average molecular weight is 400 g/mol. The number of carbonyl (C=O) groups excluding carboxylic acids is 1. The van der Waals surface area contributed by atoms with Crippen molar-refractivity contribution in [2.75, 3.05) is 13.1 Å². The van der Waals surface area contributed by atoms with Crippen LogP contribution >= 0.6 is 0 Å². The molecule has 7 heteroatoms. The number of nitrogens with zero attached hydrogens (tertiary/aromatic N) is 6. The Morgan fingerprint density at radius 2 is 2.00 bits per heavy atom. The monoisotopic (exact) mass is 400 g/mol. The van der Waals surface area contributed by atoms with E-state index in [1.807, 2.05) is 30.6 Å². The zero-order chi connectivity index (χ0) is 20.1. The fourth-order valence-electron chi connectivity index (χ4n) is 5.97. The van der Waals surface area contributed by atoms with Gasteiger partial charge in [0.05, 0.1) is 6.04 Å². The van der Waals surface area contributed by atoms with Gasteiger partial charge in [-0.15, -0.1) is 0 Å². The van der Waals surface area contributed by atoms with Gasteiger partial charge in [0, 0.05) is 55.7 Å². The lowest BCUT2D eigenvalue weighted by molar-refractivity contribution is -0.137. The zero-order valence-corrected chi connectivity index (χ0v) is 16.8. The second-order valence-electron chi connectivity index (χ2n) is 8.57. The summed E-state index contributed by atoms with van der Waals surface area (Å²) in [7, 11) is 0. The zero-order valence-electron chi connectivity index (χ0n) is 16.8. The van der Waals surface area contributed by atoms with E-state index < -0.39 is 0 Å². The minimum atomic E-state index is -0.348. The van der Waals surface area contributed by atoms with Crippen molar-refractivity contribution < 1.29 is 4.79 Å². The molecule has 3 aromatic heterocycles. The van der Waals surface area contributed by atoms with E-state index in [4.69, 9.17) is 0 Å². The van der Waals surface area contributed by atoms with E-state index in [1.165, 1.54) is 5.69 Å². The van der Waals surface area contributed by atoms with E-state index in [0.29, 0.717) is 24.3 Å². The van der Waals surface area contributed by atoms with Crippen LogP contribution in [-0.4, -0.2) is 53.9 Å². The maximum atomic E-state index is 13.7. The van der Waals surface area contributed by atoms with E-state index >= 15 is 0 Å². The van der Waals surface area contributed by atoms with Crippen LogP contribution in [-0.2, 0) is 11.3 Å². The van der Waals surface area contributed by atoms with Crippen LogP contribution in [0.2, 0.25) is 0 Å². The Balaban J connectivity index is 1.32. The minimum Gasteiger partial charge on any atom is -0.336 e. The Morgan fingerprint density at radius 1 is 1.10 bits per heavy atom. The first-order valence-electron chi connectivity index (χ1n) is 10.7. The number of rotatable bonds is 4. The summed E-state index contributed by atoms with van der Waals surface area (Å²) < 4.78 is 2.08. The Bertz CT molecular complexity index is 1070. The molecule has 3 fully saturated rings. The highest BCUT2D eigenvalue weighted by Gasteiger charge is 2.65. The van der Waals surface area contributed by atoms with Crippen molar-refractivity contribution in [2.45, 2.75) is 37.4 Å². The van der Waals surface area contributed by atoms with E-state index in [1.54, 1.807) is 18.6 Å². The topological polar surface area (TPSA) is 67.2 Å². The quantitative estimate of drug-likeness (QED) is 0.674. The molecule has 3 atom stereocenters. The van der Waals surface area contributed by atoms with Gasteiger partial charge >= 0.3 is 0 Å². The third-order valence-corrected chi connectivity index (χ3v) is 7.11. The van der Waals surface area contributed by atoms with Crippen LogP contribution in [0.5, 0.6) is 0 Å². The van der Waals surface area contributed by atoms with Gasteiger partial charge < -0.3 is 4.90 Å². The third kappa shape index (κ3) is 2.48. The predicted octanol–water partition coefficient (Wildman–Crippen LogP) is 2.60. The molecule has 0 N–H and O–H groups in total. The molecule has 0 unspecified atom stereocenters.